The lowest BCUT2D eigenvalue weighted by molar-refractivity contribution is -0.0520. The van der Waals surface area contributed by atoms with Crippen molar-refractivity contribution in [2.75, 3.05) is 19.6 Å². The monoisotopic (exact) mass is 388 g/mol. The maximum Gasteiger partial charge on any atom is 0.331 e. The van der Waals surface area contributed by atoms with Crippen molar-refractivity contribution in [1.29, 1.82) is 0 Å². The van der Waals surface area contributed by atoms with Crippen molar-refractivity contribution < 1.29 is 4.79 Å². The van der Waals surface area contributed by atoms with Crippen molar-refractivity contribution in [3.63, 3.8) is 0 Å². The molecule has 3 fully saturated rings. The summed E-state index contributed by atoms with van der Waals surface area (Å²) in [6.07, 6.45) is 7.51. The van der Waals surface area contributed by atoms with Gasteiger partial charge in [0.05, 0.1) is 0 Å². The molecule has 0 aliphatic carbocycles. The number of piperidine rings is 3. The molecule has 7 heteroatoms. The van der Waals surface area contributed by atoms with Crippen LogP contribution in [-0.4, -0.2) is 56.6 Å². The predicted molar refractivity (Wildman–Crippen MR) is 107 cm³/mol. The molecule has 0 spiro atoms. The Morgan fingerprint density at radius 3 is 2.64 bits per heavy atom. The molecule has 4 rings (SSSR count). The van der Waals surface area contributed by atoms with Crippen LogP contribution in [0.25, 0.3) is 0 Å². The third-order valence-corrected chi connectivity index (χ3v) is 7.17. The van der Waals surface area contributed by atoms with Gasteiger partial charge in [-0.1, -0.05) is 19.8 Å². The molecular formula is C21H32N4O3. The average molecular weight is 389 g/mol. The highest BCUT2D eigenvalue weighted by molar-refractivity contribution is 5.92. The molecule has 154 valence electrons. The van der Waals surface area contributed by atoms with E-state index in [0.717, 1.165) is 24.2 Å². The zero-order chi connectivity index (χ0) is 20.0. The first-order chi connectivity index (χ1) is 13.4. The average Bonchev–Trinajstić information content (AvgIpc) is 2.69. The first-order valence-electron chi connectivity index (χ1n) is 10.7. The first-order valence-corrected chi connectivity index (χ1v) is 10.7. The molecule has 3 aliphatic heterocycles. The summed E-state index contributed by atoms with van der Waals surface area (Å²) in [5.41, 5.74) is -0.670. The summed E-state index contributed by atoms with van der Waals surface area (Å²) in [6.45, 7) is 4.80. The Bertz CT molecular complexity index is 871. The van der Waals surface area contributed by atoms with Crippen LogP contribution in [0.4, 0.5) is 0 Å². The molecule has 7 nitrogen and oxygen atoms in total. The van der Waals surface area contributed by atoms with Crippen LogP contribution in [-0.2, 0) is 14.1 Å². The SMILES string of the molecule is CCC[C@H]1CCC[C@H]2[C@@H]3C[C@@H](CN(C(=O)c4cc(=O)n(C)c(=O)n4C)C3)CN12. The Kier molecular flexibility index (Phi) is 5.21. The Balaban J connectivity index is 1.56. The van der Waals surface area contributed by atoms with E-state index in [9.17, 15) is 14.4 Å². The second kappa shape index (κ2) is 7.50. The summed E-state index contributed by atoms with van der Waals surface area (Å²) >= 11 is 0. The minimum absolute atomic E-state index is 0.179. The minimum Gasteiger partial charge on any atom is -0.337 e. The van der Waals surface area contributed by atoms with E-state index in [1.165, 1.54) is 56.2 Å². The normalized spacial score (nSPS) is 30.2. The van der Waals surface area contributed by atoms with Crippen LogP contribution in [0.1, 0.15) is 55.9 Å². The number of aromatic nitrogens is 2. The molecule has 0 aromatic carbocycles. The lowest BCUT2D eigenvalue weighted by Crippen LogP contribution is -2.62. The molecule has 0 N–H and O–H groups in total. The molecule has 1 aromatic heterocycles. The van der Waals surface area contributed by atoms with Crippen molar-refractivity contribution in [3.05, 3.63) is 32.6 Å². The summed E-state index contributed by atoms with van der Waals surface area (Å²) in [7, 11) is 3.01. The van der Waals surface area contributed by atoms with Gasteiger partial charge in [0.15, 0.2) is 0 Å². The second-order valence-corrected chi connectivity index (χ2v) is 8.98. The molecule has 0 radical (unpaired) electrons. The fourth-order valence-corrected chi connectivity index (χ4v) is 5.82. The topological polar surface area (TPSA) is 67.5 Å². The fraction of sp³-hybridized carbons (Fsp3) is 0.762. The number of nitrogens with zero attached hydrogens (tertiary/aromatic N) is 4. The smallest absolute Gasteiger partial charge is 0.331 e. The molecule has 0 saturated carbocycles. The Morgan fingerprint density at radius 2 is 1.89 bits per heavy atom. The summed E-state index contributed by atoms with van der Waals surface area (Å²) in [5.74, 6) is 0.807. The molecule has 3 saturated heterocycles. The maximum atomic E-state index is 13.2. The standard InChI is InChI=1S/C21H32N4O3/c1-4-6-16-7-5-8-17-15-9-14(12-25(16)17)11-24(13-15)20(27)18-10-19(26)23(3)21(28)22(18)2/h10,14-17H,4-9,11-13H2,1-3H3/t14-,15+,16-,17-/m0/s1. The van der Waals surface area contributed by atoms with Gasteiger partial charge >= 0.3 is 5.69 Å². The first kappa shape index (κ1) is 19.4. The predicted octanol–water partition coefficient (Wildman–Crippen LogP) is 1.20. The molecule has 2 bridgehead atoms. The molecule has 0 unspecified atom stereocenters. The third kappa shape index (κ3) is 3.23. The van der Waals surface area contributed by atoms with E-state index < -0.39 is 11.2 Å². The van der Waals surface area contributed by atoms with Crippen LogP contribution in [0, 0.1) is 11.8 Å². The minimum atomic E-state index is -0.450. The number of fused-ring (bicyclic) bond motifs is 4. The van der Waals surface area contributed by atoms with Gasteiger partial charge in [0.25, 0.3) is 11.5 Å². The van der Waals surface area contributed by atoms with E-state index in [4.69, 9.17) is 0 Å². The van der Waals surface area contributed by atoms with Crippen LogP contribution in [0.2, 0.25) is 0 Å². The lowest BCUT2D eigenvalue weighted by atomic mass is 9.74. The number of carbonyl (C=O) groups is 1. The van der Waals surface area contributed by atoms with Gasteiger partial charge in [-0.15, -0.1) is 0 Å². The van der Waals surface area contributed by atoms with Crippen LogP contribution in [0.5, 0.6) is 0 Å². The molecule has 1 amide bonds. The fourth-order valence-electron chi connectivity index (χ4n) is 5.82. The van der Waals surface area contributed by atoms with E-state index in [0.29, 0.717) is 23.9 Å². The van der Waals surface area contributed by atoms with Crippen molar-refractivity contribution in [1.82, 2.24) is 18.9 Å². The van der Waals surface area contributed by atoms with E-state index in [1.807, 2.05) is 4.90 Å². The summed E-state index contributed by atoms with van der Waals surface area (Å²) < 4.78 is 2.34. The number of hydrogen-bond acceptors (Lipinski definition) is 4. The molecule has 1 aromatic rings. The largest absolute Gasteiger partial charge is 0.337 e. The van der Waals surface area contributed by atoms with Gasteiger partial charge < -0.3 is 4.90 Å². The van der Waals surface area contributed by atoms with Gasteiger partial charge in [0.2, 0.25) is 0 Å². The molecule has 4 atom stereocenters. The summed E-state index contributed by atoms with van der Waals surface area (Å²) in [6, 6.07) is 2.58. The van der Waals surface area contributed by atoms with Crippen molar-refractivity contribution in [2.24, 2.45) is 25.9 Å². The molecule has 28 heavy (non-hydrogen) atoms. The molecule has 3 aliphatic rings. The Hall–Kier alpha value is -1.89. The zero-order valence-electron chi connectivity index (χ0n) is 17.3. The van der Waals surface area contributed by atoms with Gasteiger partial charge in [-0.25, -0.2) is 4.79 Å². The van der Waals surface area contributed by atoms with Crippen LogP contribution >= 0.6 is 0 Å². The maximum absolute atomic E-state index is 13.2. The highest BCUT2D eigenvalue weighted by Gasteiger charge is 2.45. The number of rotatable bonds is 3. The molecular weight excluding hydrogens is 356 g/mol. The second-order valence-electron chi connectivity index (χ2n) is 8.98. The third-order valence-electron chi connectivity index (χ3n) is 7.17. The van der Waals surface area contributed by atoms with Gasteiger partial charge in [-0.3, -0.25) is 23.6 Å². The van der Waals surface area contributed by atoms with Crippen LogP contribution in [0.3, 0.4) is 0 Å². The number of likely N-dealkylation sites (tertiary alicyclic amines) is 1. The summed E-state index contributed by atoms with van der Waals surface area (Å²) in [4.78, 5) is 42.1. The highest BCUT2D eigenvalue weighted by Crippen LogP contribution is 2.40. The van der Waals surface area contributed by atoms with Gasteiger partial charge in [0.1, 0.15) is 5.69 Å². The van der Waals surface area contributed by atoms with Gasteiger partial charge in [-0.05, 0) is 37.5 Å². The number of hydrogen-bond donors (Lipinski definition) is 0. The van der Waals surface area contributed by atoms with E-state index in [1.54, 1.807) is 7.05 Å². The molecule has 4 heterocycles. The van der Waals surface area contributed by atoms with Crippen LogP contribution in [0.15, 0.2) is 15.7 Å². The van der Waals surface area contributed by atoms with Crippen molar-refractivity contribution >= 4 is 5.91 Å². The van der Waals surface area contributed by atoms with E-state index in [2.05, 4.69) is 11.8 Å². The van der Waals surface area contributed by atoms with Crippen molar-refractivity contribution in [3.8, 4) is 0 Å². The number of carbonyl (C=O) groups excluding carboxylic acids is 1. The van der Waals surface area contributed by atoms with Crippen molar-refractivity contribution in [2.45, 2.75) is 57.5 Å². The van der Waals surface area contributed by atoms with Crippen LogP contribution < -0.4 is 11.2 Å². The lowest BCUT2D eigenvalue weighted by Gasteiger charge is -2.55. The van der Waals surface area contributed by atoms with E-state index in [-0.39, 0.29) is 11.6 Å². The van der Waals surface area contributed by atoms with E-state index >= 15 is 0 Å². The quantitative estimate of drug-likeness (QED) is 0.780. The zero-order valence-corrected chi connectivity index (χ0v) is 17.3. The van der Waals surface area contributed by atoms with Gasteiger partial charge in [0, 0.05) is 51.9 Å². The summed E-state index contributed by atoms with van der Waals surface area (Å²) in [5, 5.41) is 0. The highest BCUT2D eigenvalue weighted by atomic mass is 16.2. The Labute approximate surface area is 165 Å². The van der Waals surface area contributed by atoms with Gasteiger partial charge in [-0.2, -0.15) is 0 Å². The number of amides is 1. The Morgan fingerprint density at radius 1 is 1.11 bits per heavy atom.